The van der Waals surface area contributed by atoms with E-state index in [1.54, 1.807) is 23.1 Å². The van der Waals surface area contributed by atoms with Gasteiger partial charge >= 0.3 is 0 Å². The Morgan fingerprint density at radius 3 is 2.69 bits per heavy atom. The van der Waals surface area contributed by atoms with E-state index in [1.807, 2.05) is 12.1 Å². The second kappa shape index (κ2) is 8.78. The van der Waals surface area contributed by atoms with Gasteiger partial charge in [-0.2, -0.15) is 0 Å². The van der Waals surface area contributed by atoms with Crippen molar-refractivity contribution in [1.29, 1.82) is 0 Å². The summed E-state index contributed by atoms with van der Waals surface area (Å²) in [5, 5.41) is 0. The summed E-state index contributed by atoms with van der Waals surface area (Å²) in [6.45, 7) is 4.97. The molecular formula is C22H27FN4O2. The van der Waals surface area contributed by atoms with Crippen molar-refractivity contribution in [3.63, 3.8) is 0 Å². The lowest BCUT2D eigenvalue weighted by molar-refractivity contribution is 0.0532. The van der Waals surface area contributed by atoms with E-state index in [0.717, 1.165) is 44.8 Å². The van der Waals surface area contributed by atoms with Crippen molar-refractivity contribution in [3.8, 4) is 5.75 Å². The minimum Gasteiger partial charge on any atom is -0.488 e. The van der Waals surface area contributed by atoms with Crippen molar-refractivity contribution >= 4 is 11.7 Å². The highest BCUT2D eigenvalue weighted by Gasteiger charge is 2.27. The summed E-state index contributed by atoms with van der Waals surface area (Å²) in [5.41, 5.74) is 0.466. The van der Waals surface area contributed by atoms with Crippen molar-refractivity contribution in [2.24, 2.45) is 0 Å². The van der Waals surface area contributed by atoms with Gasteiger partial charge in [0.25, 0.3) is 5.91 Å². The molecule has 29 heavy (non-hydrogen) atoms. The Morgan fingerprint density at radius 1 is 1.10 bits per heavy atom. The number of amides is 1. The van der Waals surface area contributed by atoms with Gasteiger partial charge in [0.05, 0.1) is 6.54 Å². The SMILES string of the molecule is CN1CCN(c2cccc(C(=O)N3CCC[C@H](Oc4cccc(F)c4)C3)n2)CC1. The van der Waals surface area contributed by atoms with Gasteiger partial charge in [-0.25, -0.2) is 9.37 Å². The normalized spacial score (nSPS) is 20.6. The zero-order valence-electron chi connectivity index (χ0n) is 16.8. The van der Waals surface area contributed by atoms with Gasteiger partial charge in [0.2, 0.25) is 0 Å². The lowest BCUT2D eigenvalue weighted by Gasteiger charge is -2.34. The van der Waals surface area contributed by atoms with Gasteiger partial charge in [-0.1, -0.05) is 12.1 Å². The second-order valence-electron chi connectivity index (χ2n) is 7.76. The highest BCUT2D eigenvalue weighted by molar-refractivity contribution is 5.92. The fraction of sp³-hybridized carbons (Fsp3) is 0.455. The van der Waals surface area contributed by atoms with Crippen LogP contribution in [0.3, 0.4) is 0 Å². The van der Waals surface area contributed by atoms with E-state index < -0.39 is 0 Å². The Morgan fingerprint density at radius 2 is 1.90 bits per heavy atom. The minimum atomic E-state index is -0.323. The predicted molar refractivity (Wildman–Crippen MR) is 110 cm³/mol. The van der Waals surface area contributed by atoms with E-state index in [-0.39, 0.29) is 17.8 Å². The number of piperidine rings is 1. The molecule has 0 aliphatic carbocycles. The molecule has 0 radical (unpaired) electrons. The molecule has 1 amide bonds. The number of hydrogen-bond donors (Lipinski definition) is 0. The number of carbonyl (C=O) groups is 1. The molecule has 6 nitrogen and oxygen atoms in total. The van der Waals surface area contributed by atoms with Crippen molar-refractivity contribution in [1.82, 2.24) is 14.8 Å². The van der Waals surface area contributed by atoms with E-state index in [0.29, 0.717) is 24.5 Å². The largest absolute Gasteiger partial charge is 0.488 e. The van der Waals surface area contributed by atoms with E-state index in [2.05, 4.69) is 21.8 Å². The summed E-state index contributed by atoms with van der Waals surface area (Å²) in [6, 6.07) is 11.8. The second-order valence-corrected chi connectivity index (χ2v) is 7.76. The van der Waals surface area contributed by atoms with Crippen LogP contribution in [0.15, 0.2) is 42.5 Å². The van der Waals surface area contributed by atoms with Crippen LogP contribution in [0.4, 0.5) is 10.2 Å². The van der Waals surface area contributed by atoms with Crippen LogP contribution in [-0.2, 0) is 0 Å². The molecule has 0 bridgehead atoms. The zero-order valence-corrected chi connectivity index (χ0v) is 16.8. The van der Waals surface area contributed by atoms with Crippen LogP contribution >= 0.6 is 0 Å². The Kier molecular flexibility index (Phi) is 5.94. The monoisotopic (exact) mass is 398 g/mol. The molecule has 154 valence electrons. The Balaban J connectivity index is 1.41. The van der Waals surface area contributed by atoms with Gasteiger partial charge in [0.15, 0.2) is 0 Å². The number of anilines is 1. The molecule has 1 aromatic carbocycles. The van der Waals surface area contributed by atoms with E-state index >= 15 is 0 Å². The first-order chi connectivity index (χ1) is 14.1. The molecule has 2 saturated heterocycles. The standard InChI is InChI=1S/C22H27FN4O2/c1-25-11-13-26(14-12-25)21-9-3-8-20(24-21)22(28)27-10-4-7-19(16-27)29-18-6-2-5-17(23)15-18/h2-3,5-6,8-9,15,19H,4,7,10-14,16H2,1H3/t19-/m0/s1. The predicted octanol–water partition coefficient (Wildman–Crippen LogP) is 2.66. The number of aromatic nitrogens is 1. The molecular weight excluding hydrogens is 371 g/mol. The minimum absolute atomic E-state index is 0.0754. The van der Waals surface area contributed by atoms with Gasteiger partial charge in [0, 0.05) is 38.8 Å². The molecule has 0 spiro atoms. The van der Waals surface area contributed by atoms with Crippen molar-refractivity contribution in [3.05, 3.63) is 54.0 Å². The van der Waals surface area contributed by atoms with Crippen LogP contribution in [0.1, 0.15) is 23.3 Å². The lowest BCUT2D eigenvalue weighted by Crippen LogP contribution is -2.46. The highest BCUT2D eigenvalue weighted by atomic mass is 19.1. The van der Waals surface area contributed by atoms with Crippen LogP contribution in [0.5, 0.6) is 5.75 Å². The van der Waals surface area contributed by atoms with E-state index in [1.165, 1.54) is 12.1 Å². The number of likely N-dealkylation sites (N-methyl/N-ethyl adjacent to an activating group) is 1. The summed E-state index contributed by atoms with van der Waals surface area (Å²) in [5.74, 6) is 0.956. The third-order valence-electron chi connectivity index (χ3n) is 5.54. The number of rotatable bonds is 4. The number of ether oxygens (including phenoxy) is 1. The van der Waals surface area contributed by atoms with Crippen LogP contribution in [0.25, 0.3) is 0 Å². The fourth-order valence-electron chi connectivity index (χ4n) is 3.87. The zero-order chi connectivity index (χ0) is 20.2. The van der Waals surface area contributed by atoms with Gasteiger partial charge in [-0.15, -0.1) is 0 Å². The highest BCUT2D eigenvalue weighted by Crippen LogP contribution is 2.21. The molecule has 0 unspecified atom stereocenters. The smallest absolute Gasteiger partial charge is 0.272 e. The Bertz CT molecular complexity index is 854. The topological polar surface area (TPSA) is 48.9 Å². The van der Waals surface area contributed by atoms with Crippen molar-refractivity contribution in [2.75, 3.05) is 51.2 Å². The first kappa shape index (κ1) is 19.6. The molecule has 1 atom stereocenters. The Labute approximate surface area is 170 Å². The quantitative estimate of drug-likeness (QED) is 0.793. The van der Waals surface area contributed by atoms with E-state index in [9.17, 15) is 9.18 Å². The summed E-state index contributed by atoms with van der Waals surface area (Å²) in [6.07, 6.45) is 1.55. The Hall–Kier alpha value is -2.67. The molecule has 2 aliphatic heterocycles. The van der Waals surface area contributed by atoms with E-state index in [4.69, 9.17) is 4.74 Å². The molecule has 7 heteroatoms. The third-order valence-corrected chi connectivity index (χ3v) is 5.54. The van der Waals surface area contributed by atoms with Gasteiger partial charge in [-0.3, -0.25) is 4.79 Å². The number of piperazine rings is 1. The first-order valence-electron chi connectivity index (χ1n) is 10.2. The summed E-state index contributed by atoms with van der Waals surface area (Å²) in [4.78, 5) is 24.0. The maximum atomic E-state index is 13.4. The third kappa shape index (κ3) is 4.85. The summed E-state index contributed by atoms with van der Waals surface area (Å²) in [7, 11) is 2.11. The fourth-order valence-corrected chi connectivity index (χ4v) is 3.87. The average molecular weight is 398 g/mol. The number of hydrogen-bond acceptors (Lipinski definition) is 5. The van der Waals surface area contributed by atoms with Gasteiger partial charge < -0.3 is 19.4 Å². The molecule has 0 saturated carbocycles. The number of halogens is 1. The number of nitrogens with zero attached hydrogens (tertiary/aromatic N) is 4. The van der Waals surface area contributed by atoms with Crippen molar-refractivity contribution in [2.45, 2.75) is 18.9 Å². The summed E-state index contributed by atoms with van der Waals surface area (Å²) >= 11 is 0. The number of likely N-dealkylation sites (tertiary alicyclic amines) is 1. The van der Waals surface area contributed by atoms with Crippen LogP contribution in [-0.4, -0.2) is 73.1 Å². The number of benzene rings is 1. The lowest BCUT2D eigenvalue weighted by atomic mass is 10.1. The maximum Gasteiger partial charge on any atom is 0.272 e. The molecule has 4 rings (SSSR count). The van der Waals surface area contributed by atoms with Gasteiger partial charge in [0.1, 0.15) is 29.2 Å². The first-order valence-corrected chi connectivity index (χ1v) is 10.2. The van der Waals surface area contributed by atoms with Crippen LogP contribution in [0, 0.1) is 5.82 Å². The van der Waals surface area contributed by atoms with Crippen LogP contribution < -0.4 is 9.64 Å². The van der Waals surface area contributed by atoms with Gasteiger partial charge in [-0.05, 0) is 44.2 Å². The summed E-state index contributed by atoms with van der Waals surface area (Å²) < 4.78 is 19.3. The van der Waals surface area contributed by atoms with Crippen LogP contribution in [0.2, 0.25) is 0 Å². The molecule has 0 N–H and O–H groups in total. The molecule has 2 aromatic rings. The molecule has 1 aromatic heterocycles. The molecule has 2 aliphatic rings. The average Bonchev–Trinajstić information content (AvgIpc) is 2.74. The molecule has 2 fully saturated rings. The maximum absolute atomic E-state index is 13.4. The molecule has 3 heterocycles. The number of pyridine rings is 1. The number of carbonyl (C=O) groups excluding carboxylic acids is 1. The van der Waals surface area contributed by atoms with Crippen molar-refractivity contribution < 1.29 is 13.9 Å².